The number of amides is 1. The number of carboxylic acid groups (broad SMARTS) is 1. The molecule has 3 atom stereocenters. The Balaban J connectivity index is 3.79. The highest BCUT2D eigenvalue weighted by Gasteiger charge is 2.32. The number of carbonyl (C=O) groups is 2. The molecule has 3 unspecified atom stereocenters. The number of aliphatic carboxylic acids is 1. The number of alkyl halides is 1. The summed E-state index contributed by atoms with van der Waals surface area (Å²) in [5.74, 6) is -2.02. The summed E-state index contributed by atoms with van der Waals surface area (Å²) < 4.78 is 19.7. The minimum atomic E-state index is -1.27. The number of carboxylic acids is 1. The van der Waals surface area contributed by atoms with Crippen molar-refractivity contribution in [3.8, 4) is 0 Å². The summed E-state index contributed by atoms with van der Waals surface area (Å²) >= 11 is 0. The molecular formula is C29H56FNO4. The maximum absolute atomic E-state index is 14.5. The zero-order valence-corrected chi connectivity index (χ0v) is 23.1. The predicted molar refractivity (Wildman–Crippen MR) is 144 cm³/mol. The van der Waals surface area contributed by atoms with Gasteiger partial charge in [0.1, 0.15) is 12.2 Å². The second-order valence-electron chi connectivity index (χ2n) is 10.3. The van der Waals surface area contributed by atoms with Gasteiger partial charge in [0.2, 0.25) is 0 Å². The molecule has 0 aromatic heterocycles. The van der Waals surface area contributed by atoms with E-state index in [4.69, 9.17) is 4.74 Å². The Kier molecular flexibility index (Phi) is 23.4. The maximum Gasteiger partial charge on any atom is 0.407 e. The van der Waals surface area contributed by atoms with Gasteiger partial charge in [0, 0.05) is 5.92 Å². The second-order valence-corrected chi connectivity index (χ2v) is 10.3. The Labute approximate surface area is 215 Å². The minimum Gasteiger partial charge on any atom is -0.480 e. The molecule has 0 bridgehead atoms. The van der Waals surface area contributed by atoms with Gasteiger partial charge in [-0.1, -0.05) is 136 Å². The Morgan fingerprint density at radius 3 is 1.54 bits per heavy atom. The van der Waals surface area contributed by atoms with Crippen LogP contribution in [0.2, 0.25) is 0 Å². The fraction of sp³-hybridized carbons (Fsp3) is 0.931. The first kappa shape index (κ1) is 33.7. The number of carbonyl (C=O) groups excluding carboxylic acids is 1. The molecular weight excluding hydrogens is 445 g/mol. The van der Waals surface area contributed by atoms with Gasteiger partial charge in [-0.05, 0) is 12.8 Å². The van der Waals surface area contributed by atoms with Gasteiger partial charge in [-0.3, -0.25) is 0 Å². The van der Waals surface area contributed by atoms with Crippen LogP contribution in [0.1, 0.15) is 149 Å². The Hall–Kier alpha value is -1.33. The van der Waals surface area contributed by atoms with Gasteiger partial charge in [-0.15, -0.1) is 0 Å². The molecule has 208 valence electrons. The summed E-state index contributed by atoms with van der Waals surface area (Å²) in [6.07, 6.45) is 20.9. The number of rotatable bonds is 25. The van der Waals surface area contributed by atoms with E-state index in [1.54, 1.807) is 6.92 Å². The number of nitrogens with one attached hydrogen (secondary N) is 1. The third-order valence-corrected chi connectivity index (χ3v) is 6.95. The van der Waals surface area contributed by atoms with Crippen molar-refractivity contribution in [1.29, 1.82) is 0 Å². The predicted octanol–water partition coefficient (Wildman–Crippen LogP) is 8.98. The second kappa shape index (κ2) is 24.4. The fourth-order valence-electron chi connectivity index (χ4n) is 4.46. The van der Waals surface area contributed by atoms with Gasteiger partial charge in [-0.25, -0.2) is 14.0 Å². The average molecular weight is 502 g/mol. The molecule has 6 heteroatoms. The van der Waals surface area contributed by atoms with Crippen LogP contribution in [-0.4, -0.2) is 36.0 Å². The van der Waals surface area contributed by atoms with Gasteiger partial charge >= 0.3 is 12.1 Å². The molecule has 0 rings (SSSR count). The lowest BCUT2D eigenvalue weighted by atomic mass is 9.93. The number of hydrogen-bond acceptors (Lipinski definition) is 3. The van der Waals surface area contributed by atoms with Crippen molar-refractivity contribution in [2.75, 3.05) is 6.61 Å². The van der Waals surface area contributed by atoms with Gasteiger partial charge in [0.15, 0.2) is 0 Å². The highest BCUT2D eigenvalue weighted by molar-refractivity contribution is 5.80. The summed E-state index contributed by atoms with van der Waals surface area (Å²) in [6.45, 7) is 6.19. The van der Waals surface area contributed by atoms with E-state index in [-0.39, 0.29) is 6.61 Å². The largest absolute Gasteiger partial charge is 0.480 e. The van der Waals surface area contributed by atoms with Crippen LogP contribution in [0.25, 0.3) is 0 Å². The quantitative estimate of drug-likeness (QED) is 0.122. The smallest absolute Gasteiger partial charge is 0.407 e. The third-order valence-electron chi connectivity index (χ3n) is 6.95. The molecule has 0 saturated carbocycles. The average Bonchev–Trinajstić information content (AvgIpc) is 2.84. The molecule has 0 aliphatic rings. The number of ether oxygens (including phenoxy) is 1. The molecule has 0 aromatic rings. The van der Waals surface area contributed by atoms with Crippen LogP contribution in [-0.2, 0) is 9.53 Å². The Bertz CT molecular complexity index is 503. The van der Waals surface area contributed by atoms with Crippen LogP contribution < -0.4 is 5.32 Å². The van der Waals surface area contributed by atoms with Crippen LogP contribution in [0.15, 0.2) is 0 Å². The monoisotopic (exact) mass is 501 g/mol. The molecule has 0 aromatic carbocycles. The van der Waals surface area contributed by atoms with Crippen molar-refractivity contribution in [2.24, 2.45) is 5.92 Å². The number of alkyl carbamates (subject to hydrolysis) is 1. The number of halogens is 1. The van der Waals surface area contributed by atoms with E-state index in [2.05, 4.69) is 19.2 Å². The van der Waals surface area contributed by atoms with Gasteiger partial charge in [0.05, 0.1) is 6.61 Å². The molecule has 0 aliphatic heterocycles. The Morgan fingerprint density at radius 2 is 1.11 bits per heavy atom. The molecule has 35 heavy (non-hydrogen) atoms. The summed E-state index contributed by atoms with van der Waals surface area (Å²) in [4.78, 5) is 23.6. The Morgan fingerprint density at radius 1 is 0.714 bits per heavy atom. The van der Waals surface area contributed by atoms with E-state index < -0.39 is 30.2 Å². The SMILES string of the molecule is CCCCCCCCCCCCCCCCOC(=O)NC(C(=O)O)C(C)C(F)CCCCCCC. The first-order valence-corrected chi connectivity index (χ1v) is 14.7. The lowest BCUT2D eigenvalue weighted by Gasteiger charge is -2.24. The molecule has 0 aliphatic carbocycles. The van der Waals surface area contributed by atoms with E-state index in [0.29, 0.717) is 6.42 Å². The van der Waals surface area contributed by atoms with Crippen molar-refractivity contribution < 1.29 is 23.8 Å². The summed E-state index contributed by atoms with van der Waals surface area (Å²) in [5, 5.41) is 11.8. The van der Waals surface area contributed by atoms with Crippen LogP contribution in [0, 0.1) is 5.92 Å². The molecule has 5 nitrogen and oxygen atoms in total. The van der Waals surface area contributed by atoms with Crippen LogP contribution in [0.4, 0.5) is 9.18 Å². The lowest BCUT2D eigenvalue weighted by molar-refractivity contribution is -0.141. The van der Waals surface area contributed by atoms with Crippen molar-refractivity contribution in [2.45, 2.75) is 161 Å². The van der Waals surface area contributed by atoms with Crippen molar-refractivity contribution in [3.63, 3.8) is 0 Å². The molecule has 0 fully saturated rings. The van der Waals surface area contributed by atoms with Gasteiger partial charge in [0.25, 0.3) is 0 Å². The summed E-state index contributed by atoms with van der Waals surface area (Å²) in [7, 11) is 0. The summed E-state index contributed by atoms with van der Waals surface area (Å²) in [6, 6.07) is -1.27. The van der Waals surface area contributed by atoms with Gasteiger partial charge < -0.3 is 15.2 Å². The molecule has 1 amide bonds. The van der Waals surface area contributed by atoms with E-state index in [1.165, 1.54) is 70.6 Å². The minimum absolute atomic E-state index is 0.265. The maximum atomic E-state index is 14.5. The van der Waals surface area contributed by atoms with Crippen molar-refractivity contribution in [3.05, 3.63) is 0 Å². The van der Waals surface area contributed by atoms with E-state index >= 15 is 0 Å². The number of hydrogen-bond donors (Lipinski definition) is 2. The lowest BCUT2D eigenvalue weighted by Crippen LogP contribution is -2.48. The van der Waals surface area contributed by atoms with Crippen LogP contribution in [0.3, 0.4) is 0 Å². The first-order valence-electron chi connectivity index (χ1n) is 14.7. The van der Waals surface area contributed by atoms with E-state index in [1.807, 2.05) is 0 Å². The zero-order chi connectivity index (χ0) is 26.2. The highest BCUT2D eigenvalue weighted by atomic mass is 19.1. The van der Waals surface area contributed by atoms with Crippen molar-refractivity contribution >= 4 is 12.1 Å². The van der Waals surface area contributed by atoms with Gasteiger partial charge in [-0.2, -0.15) is 0 Å². The highest BCUT2D eigenvalue weighted by Crippen LogP contribution is 2.20. The molecule has 0 saturated heterocycles. The van der Waals surface area contributed by atoms with Crippen molar-refractivity contribution in [1.82, 2.24) is 5.32 Å². The molecule has 0 radical (unpaired) electrons. The summed E-state index contributed by atoms with van der Waals surface area (Å²) in [5.41, 5.74) is 0. The molecule has 0 heterocycles. The number of unbranched alkanes of at least 4 members (excludes halogenated alkanes) is 17. The standard InChI is InChI=1S/C29H56FNO4/c1-4-6-8-10-11-12-13-14-15-16-17-18-20-22-24-35-29(34)31-27(28(32)33)25(3)26(30)23-21-19-9-7-5-2/h25-27H,4-24H2,1-3H3,(H,31,34)(H,32,33). The van der Waals surface area contributed by atoms with Crippen LogP contribution >= 0.6 is 0 Å². The normalized spacial score (nSPS) is 13.8. The molecule has 0 spiro atoms. The van der Waals surface area contributed by atoms with Crippen LogP contribution in [0.5, 0.6) is 0 Å². The van der Waals surface area contributed by atoms with E-state index in [0.717, 1.165) is 51.4 Å². The third kappa shape index (κ3) is 20.6. The van der Waals surface area contributed by atoms with E-state index in [9.17, 15) is 19.1 Å². The zero-order valence-electron chi connectivity index (χ0n) is 23.1. The molecule has 2 N–H and O–H groups in total. The topological polar surface area (TPSA) is 75.6 Å². The first-order chi connectivity index (χ1) is 16.9. The fourth-order valence-corrected chi connectivity index (χ4v) is 4.46.